The molecule has 0 amide bonds. The summed E-state index contributed by atoms with van der Waals surface area (Å²) in [7, 11) is 0. The summed E-state index contributed by atoms with van der Waals surface area (Å²) >= 11 is 0. The van der Waals surface area contributed by atoms with Gasteiger partial charge in [0.2, 0.25) is 0 Å². The molecule has 1 aliphatic rings. The minimum Gasteiger partial charge on any atom is -0.385 e. The Morgan fingerprint density at radius 1 is 1.67 bits per heavy atom. The molecule has 0 saturated carbocycles. The van der Waals surface area contributed by atoms with Crippen LogP contribution in [0.4, 0.5) is 0 Å². The number of ether oxygens (including phenoxy) is 1. The molecule has 2 atom stereocenters. The van der Waals surface area contributed by atoms with Gasteiger partial charge >= 0.3 is 0 Å². The maximum atomic E-state index is 10.1. The molecule has 3 N–H and O–H groups in total. The van der Waals surface area contributed by atoms with Crippen molar-refractivity contribution in [1.29, 1.82) is 0 Å². The average Bonchev–Trinajstić information content (AvgIpc) is 2.37. The van der Waals surface area contributed by atoms with Gasteiger partial charge in [-0.15, -0.1) is 0 Å². The quantitative estimate of drug-likeness (QED) is 0.659. The monoisotopic (exact) mass is 173 g/mol. The normalized spacial score (nSPS) is 35.0. The number of nitrogens with two attached hydrogens (primary N) is 1. The van der Waals surface area contributed by atoms with Crippen LogP contribution < -0.4 is 5.73 Å². The first-order valence-electron chi connectivity index (χ1n) is 4.61. The topological polar surface area (TPSA) is 55.5 Å². The van der Waals surface area contributed by atoms with Crippen LogP contribution in [0.25, 0.3) is 0 Å². The van der Waals surface area contributed by atoms with Gasteiger partial charge in [-0.05, 0) is 13.3 Å². The highest BCUT2D eigenvalue weighted by Crippen LogP contribution is 2.31. The van der Waals surface area contributed by atoms with E-state index in [9.17, 15) is 5.11 Å². The predicted molar refractivity (Wildman–Crippen MR) is 47.9 cm³/mol. The summed E-state index contributed by atoms with van der Waals surface area (Å²) in [5, 5.41) is 10.1. The molecule has 0 bridgehead atoms. The Balaban J connectivity index is 2.64. The SMILES string of the molecule is CCCC(C)(N)C1(O)CCOC1. The summed E-state index contributed by atoms with van der Waals surface area (Å²) in [4.78, 5) is 0. The largest absolute Gasteiger partial charge is 0.385 e. The third-order valence-electron chi connectivity index (χ3n) is 2.83. The first-order chi connectivity index (χ1) is 5.52. The second kappa shape index (κ2) is 3.32. The van der Waals surface area contributed by atoms with Crippen molar-refractivity contribution in [3.8, 4) is 0 Å². The maximum Gasteiger partial charge on any atom is 0.108 e. The molecule has 0 spiro atoms. The van der Waals surface area contributed by atoms with Gasteiger partial charge in [-0.1, -0.05) is 13.3 Å². The van der Waals surface area contributed by atoms with Crippen LogP contribution in [-0.2, 0) is 4.74 Å². The minimum absolute atomic E-state index is 0.389. The number of rotatable bonds is 3. The van der Waals surface area contributed by atoms with E-state index in [1.54, 1.807) is 0 Å². The molecule has 0 radical (unpaired) electrons. The van der Waals surface area contributed by atoms with Crippen molar-refractivity contribution in [2.45, 2.75) is 44.2 Å². The molecule has 1 fully saturated rings. The molecule has 1 saturated heterocycles. The third-order valence-corrected chi connectivity index (χ3v) is 2.83. The minimum atomic E-state index is -0.803. The van der Waals surface area contributed by atoms with E-state index in [1.165, 1.54) is 0 Å². The number of hydrogen-bond donors (Lipinski definition) is 2. The maximum absolute atomic E-state index is 10.1. The van der Waals surface area contributed by atoms with E-state index in [0.29, 0.717) is 19.6 Å². The molecular weight excluding hydrogens is 154 g/mol. The van der Waals surface area contributed by atoms with Gasteiger partial charge in [-0.2, -0.15) is 0 Å². The molecule has 12 heavy (non-hydrogen) atoms. The molecule has 3 heteroatoms. The Kier molecular flexibility index (Phi) is 2.76. The van der Waals surface area contributed by atoms with Crippen LogP contribution >= 0.6 is 0 Å². The average molecular weight is 173 g/mol. The van der Waals surface area contributed by atoms with Crippen LogP contribution in [0.2, 0.25) is 0 Å². The highest BCUT2D eigenvalue weighted by atomic mass is 16.5. The Hall–Kier alpha value is -0.120. The van der Waals surface area contributed by atoms with Crippen molar-refractivity contribution in [1.82, 2.24) is 0 Å². The second-order valence-corrected chi connectivity index (χ2v) is 4.00. The van der Waals surface area contributed by atoms with Crippen molar-refractivity contribution in [2.75, 3.05) is 13.2 Å². The zero-order chi connectivity index (χ0) is 9.24. The van der Waals surface area contributed by atoms with Gasteiger partial charge in [0.1, 0.15) is 5.60 Å². The molecule has 72 valence electrons. The lowest BCUT2D eigenvalue weighted by molar-refractivity contribution is -0.0374. The van der Waals surface area contributed by atoms with Crippen LogP contribution in [0.5, 0.6) is 0 Å². The fourth-order valence-electron chi connectivity index (χ4n) is 1.76. The van der Waals surface area contributed by atoms with Crippen LogP contribution in [0.15, 0.2) is 0 Å². The van der Waals surface area contributed by atoms with E-state index in [4.69, 9.17) is 10.5 Å². The summed E-state index contributed by atoms with van der Waals surface area (Å²) in [6.45, 7) is 5.00. The highest BCUT2D eigenvalue weighted by molar-refractivity contribution is 5.02. The molecule has 3 nitrogen and oxygen atoms in total. The fourth-order valence-corrected chi connectivity index (χ4v) is 1.76. The van der Waals surface area contributed by atoms with Crippen molar-refractivity contribution in [3.05, 3.63) is 0 Å². The summed E-state index contributed by atoms with van der Waals surface area (Å²) in [6, 6.07) is 0. The van der Waals surface area contributed by atoms with Gasteiger partial charge in [0.15, 0.2) is 0 Å². The lowest BCUT2D eigenvalue weighted by atomic mass is 9.78. The van der Waals surface area contributed by atoms with Crippen LogP contribution in [-0.4, -0.2) is 29.5 Å². The van der Waals surface area contributed by atoms with E-state index in [-0.39, 0.29) is 0 Å². The summed E-state index contributed by atoms with van der Waals surface area (Å²) in [5.74, 6) is 0. The molecular formula is C9H19NO2. The van der Waals surface area contributed by atoms with Gasteiger partial charge < -0.3 is 15.6 Å². The van der Waals surface area contributed by atoms with Crippen molar-refractivity contribution >= 4 is 0 Å². The molecule has 1 aliphatic heterocycles. The second-order valence-electron chi connectivity index (χ2n) is 4.00. The highest BCUT2D eigenvalue weighted by Gasteiger charge is 2.46. The molecule has 1 rings (SSSR count). The first kappa shape index (κ1) is 9.96. The van der Waals surface area contributed by atoms with Crippen LogP contribution in [0.3, 0.4) is 0 Å². The van der Waals surface area contributed by atoms with Crippen molar-refractivity contribution in [2.24, 2.45) is 5.73 Å². The third kappa shape index (κ3) is 1.63. The van der Waals surface area contributed by atoms with E-state index < -0.39 is 11.1 Å². The molecule has 0 aromatic rings. The zero-order valence-electron chi connectivity index (χ0n) is 7.97. The fraction of sp³-hybridized carbons (Fsp3) is 1.00. The summed E-state index contributed by atoms with van der Waals surface area (Å²) in [5.41, 5.74) is 4.73. The van der Waals surface area contributed by atoms with Gasteiger partial charge in [-0.25, -0.2) is 0 Å². The lowest BCUT2D eigenvalue weighted by Gasteiger charge is -2.38. The summed E-state index contributed by atoms with van der Waals surface area (Å²) in [6.07, 6.45) is 2.50. The number of aliphatic hydroxyl groups is 1. The number of hydrogen-bond acceptors (Lipinski definition) is 3. The van der Waals surface area contributed by atoms with Crippen LogP contribution in [0, 0.1) is 0 Å². The molecule has 0 aliphatic carbocycles. The Labute approximate surface area is 73.9 Å². The van der Waals surface area contributed by atoms with Gasteiger partial charge in [0.05, 0.1) is 6.61 Å². The van der Waals surface area contributed by atoms with Crippen LogP contribution in [0.1, 0.15) is 33.1 Å². The molecule has 0 aromatic heterocycles. The van der Waals surface area contributed by atoms with E-state index in [1.807, 2.05) is 6.92 Å². The van der Waals surface area contributed by atoms with E-state index >= 15 is 0 Å². The van der Waals surface area contributed by atoms with Gasteiger partial charge in [0, 0.05) is 18.6 Å². The first-order valence-corrected chi connectivity index (χ1v) is 4.61. The Morgan fingerprint density at radius 3 is 2.75 bits per heavy atom. The van der Waals surface area contributed by atoms with E-state index in [2.05, 4.69) is 6.92 Å². The Morgan fingerprint density at radius 2 is 2.33 bits per heavy atom. The van der Waals surface area contributed by atoms with E-state index in [0.717, 1.165) is 12.8 Å². The molecule has 0 aromatic carbocycles. The molecule has 1 heterocycles. The van der Waals surface area contributed by atoms with Gasteiger partial charge in [-0.3, -0.25) is 0 Å². The van der Waals surface area contributed by atoms with Crippen molar-refractivity contribution < 1.29 is 9.84 Å². The smallest absolute Gasteiger partial charge is 0.108 e. The summed E-state index contributed by atoms with van der Waals surface area (Å²) < 4.78 is 5.16. The predicted octanol–water partition coefficient (Wildman–Crippen LogP) is 0.655. The van der Waals surface area contributed by atoms with Crippen molar-refractivity contribution in [3.63, 3.8) is 0 Å². The standard InChI is InChI=1S/C9H19NO2/c1-3-4-8(2,10)9(11)5-6-12-7-9/h11H,3-7,10H2,1-2H3. The molecule has 2 unspecified atom stereocenters. The Bertz CT molecular complexity index is 151. The lowest BCUT2D eigenvalue weighted by Crippen LogP contribution is -2.59. The van der Waals surface area contributed by atoms with Gasteiger partial charge in [0.25, 0.3) is 0 Å². The zero-order valence-corrected chi connectivity index (χ0v) is 7.97.